The molecule has 1 N–H and O–H groups in total. The molecule has 0 saturated carbocycles. The van der Waals surface area contributed by atoms with E-state index in [1.165, 1.54) is 17.4 Å². The average Bonchev–Trinajstić information content (AvgIpc) is 3.15. The van der Waals surface area contributed by atoms with Crippen molar-refractivity contribution in [2.75, 3.05) is 19.5 Å². The van der Waals surface area contributed by atoms with E-state index in [1.54, 1.807) is 56.9 Å². The van der Waals surface area contributed by atoms with E-state index in [1.807, 2.05) is 0 Å². The number of anilines is 1. The molecule has 144 valence electrons. The molecule has 0 fully saturated rings. The molecule has 9 heteroatoms. The molecular weight excluding hydrogens is 382 g/mol. The van der Waals surface area contributed by atoms with Crippen LogP contribution in [0.3, 0.4) is 0 Å². The number of carbonyl (C=O) groups is 1. The first kappa shape index (κ1) is 19.3. The number of nitro groups is 1. The number of nitro benzene ring substituents is 1. The second kappa shape index (κ2) is 8.05. The number of hydrogen-bond acceptors (Lipinski definition) is 7. The Kier molecular flexibility index (Phi) is 5.55. The highest BCUT2D eigenvalue weighted by molar-refractivity contribution is 7.14. The monoisotopic (exact) mass is 399 g/mol. The maximum atomic E-state index is 12.6. The van der Waals surface area contributed by atoms with Crippen molar-refractivity contribution in [3.8, 4) is 22.8 Å². The van der Waals surface area contributed by atoms with Gasteiger partial charge in [0, 0.05) is 16.5 Å². The minimum Gasteiger partial charge on any atom is -0.497 e. The maximum absolute atomic E-state index is 12.6. The van der Waals surface area contributed by atoms with Crippen LogP contribution in [0.25, 0.3) is 11.3 Å². The van der Waals surface area contributed by atoms with E-state index in [0.29, 0.717) is 33.5 Å². The van der Waals surface area contributed by atoms with Gasteiger partial charge in [-0.2, -0.15) is 0 Å². The number of aryl methyl sites for hydroxylation is 1. The van der Waals surface area contributed by atoms with Crippen molar-refractivity contribution in [1.29, 1.82) is 0 Å². The second-order valence-corrected chi connectivity index (χ2v) is 6.64. The summed E-state index contributed by atoms with van der Waals surface area (Å²) in [6.07, 6.45) is 0. The molecule has 28 heavy (non-hydrogen) atoms. The zero-order valence-electron chi connectivity index (χ0n) is 15.4. The number of ether oxygens (including phenoxy) is 2. The summed E-state index contributed by atoms with van der Waals surface area (Å²) in [5, 5.41) is 16.0. The predicted molar refractivity (Wildman–Crippen MR) is 106 cm³/mol. The Morgan fingerprint density at radius 1 is 1.21 bits per heavy atom. The lowest BCUT2D eigenvalue weighted by molar-refractivity contribution is -0.385. The average molecular weight is 399 g/mol. The number of methoxy groups -OCH3 is 2. The lowest BCUT2D eigenvalue weighted by Crippen LogP contribution is -2.14. The number of nitrogens with one attached hydrogen (secondary N) is 1. The summed E-state index contributed by atoms with van der Waals surface area (Å²) in [4.78, 5) is 27.7. The first-order valence-electron chi connectivity index (χ1n) is 8.18. The van der Waals surface area contributed by atoms with Gasteiger partial charge in [0.2, 0.25) is 0 Å². The van der Waals surface area contributed by atoms with E-state index in [2.05, 4.69) is 10.3 Å². The molecule has 0 unspecified atom stereocenters. The van der Waals surface area contributed by atoms with Crippen LogP contribution in [0.1, 0.15) is 15.9 Å². The minimum absolute atomic E-state index is 0.0132. The number of para-hydroxylation sites is 1. The Bertz CT molecular complexity index is 1050. The molecular formula is C19H17N3O5S. The molecule has 1 amide bonds. The van der Waals surface area contributed by atoms with Gasteiger partial charge in [0.1, 0.15) is 17.1 Å². The molecule has 2 aromatic carbocycles. The highest BCUT2D eigenvalue weighted by Crippen LogP contribution is 2.35. The van der Waals surface area contributed by atoms with Crippen molar-refractivity contribution in [1.82, 2.24) is 4.98 Å². The Morgan fingerprint density at radius 2 is 2.00 bits per heavy atom. The quantitative estimate of drug-likeness (QED) is 0.490. The van der Waals surface area contributed by atoms with Crippen LogP contribution in [0, 0.1) is 17.0 Å². The summed E-state index contributed by atoms with van der Waals surface area (Å²) in [5.41, 5.74) is 1.49. The SMILES string of the molecule is COc1ccc(OC)c(-c2csc(NC(=O)c3cccc(C)c3[N+](=O)[O-])n2)c1. The fourth-order valence-corrected chi connectivity index (χ4v) is 3.42. The number of nitrogens with zero attached hydrogens (tertiary/aromatic N) is 2. The van der Waals surface area contributed by atoms with Gasteiger partial charge in [0.15, 0.2) is 5.13 Å². The molecule has 0 aliphatic rings. The van der Waals surface area contributed by atoms with E-state index in [0.717, 1.165) is 0 Å². The summed E-state index contributed by atoms with van der Waals surface area (Å²) in [6.45, 7) is 1.59. The van der Waals surface area contributed by atoms with Gasteiger partial charge in [0.05, 0.1) is 24.8 Å². The highest BCUT2D eigenvalue weighted by Gasteiger charge is 2.23. The first-order chi connectivity index (χ1) is 13.4. The van der Waals surface area contributed by atoms with Gasteiger partial charge < -0.3 is 9.47 Å². The third-order valence-corrected chi connectivity index (χ3v) is 4.83. The fraction of sp³-hybridized carbons (Fsp3) is 0.158. The number of hydrogen-bond donors (Lipinski definition) is 1. The zero-order valence-corrected chi connectivity index (χ0v) is 16.2. The lowest BCUT2D eigenvalue weighted by atomic mass is 10.1. The van der Waals surface area contributed by atoms with Gasteiger partial charge in [-0.25, -0.2) is 4.98 Å². The summed E-state index contributed by atoms with van der Waals surface area (Å²) in [7, 11) is 3.12. The molecule has 1 heterocycles. The summed E-state index contributed by atoms with van der Waals surface area (Å²) < 4.78 is 10.6. The normalized spacial score (nSPS) is 10.4. The fourth-order valence-electron chi connectivity index (χ4n) is 2.72. The lowest BCUT2D eigenvalue weighted by Gasteiger charge is -2.08. The number of aromatic nitrogens is 1. The maximum Gasteiger partial charge on any atom is 0.285 e. The molecule has 1 aromatic heterocycles. The Morgan fingerprint density at radius 3 is 2.68 bits per heavy atom. The third kappa shape index (κ3) is 3.79. The van der Waals surface area contributed by atoms with Crippen LogP contribution in [-0.2, 0) is 0 Å². The molecule has 0 atom stereocenters. The summed E-state index contributed by atoms with van der Waals surface area (Å²) in [6, 6.07) is 9.93. The predicted octanol–water partition coefficient (Wildman–Crippen LogP) is 4.30. The van der Waals surface area contributed by atoms with E-state index < -0.39 is 10.8 Å². The van der Waals surface area contributed by atoms with Crippen LogP contribution in [0.4, 0.5) is 10.8 Å². The Hall–Kier alpha value is -3.46. The van der Waals surface area contributed by atoms with Crippen LogP contribution in [-0.4, -0.2) is 30.0 Å². The molecule has 3 aromatic rings. The van der Waals surface area contributed by atoms with E-state index in [-0.39, 0.29) is 11.3 Å². The smallest absolute Gasteiger partial charge is 0.285 e. The molecule has 0 aliphatic heterocycles. The van der Waals surface area contributed by atoms with Crippen molar-refractivity contribution in [2.45, 2.75) is 6.92 Å². The number of benzene rings is 2. The summed E-state index contributed by atoms with van der Waals surface area (Å²) in [5.74, 6) is 0.664. The van der Waals surface area contributed by atoms with Gasteiger partial charge >= 0.3 is 0 Å². The Labute approximate surface area is 164 Å². The Balaban J connectivity index is 1.90. The number of rotatable bonds is 6. The van der Waals surface area contributed by atoms with Crippen LogP contribution in [0.15, 0.2) is 41.8 Å². The largest absolute Gasteiger partial charge is 0.497 e. The van der Waals surface area contributed by atoms with Crippen LogP contribution < -0.4 is 14.8 Å². The summed E-state index contributed by atoms with van der Waals surface area (Å²) >= 11 is 1.21. The molecule has 0 aliphatic carbocycles. The first-order valence-corrected chi connectivity index (χ1v) is 9.06. The zero-order chi connectivity index (χ0) is 20.3. The van der Waals surface area contributed by atoms with E-state index in [4.69, 9.17) is 9.47 Å². The van der Waals surface area contributed by atoms with Crippen LogP contribution in [0.2, 0.25) is 0 Å². The van der Waals surface area contributed by atoms with Crippen molar-refractivity contribution in [3.63, 3.8) is 0 Å². The van der Waals surface area contributed by atoms with Crippen molar-refractivity contribution in [3.05, 3.63) is 63.0 Å². The third-order valence-electron chi connectivity index (χ3n) is 4.07. The van der Waals surface area contributed by atoms with Crippen LogP contribution in [0.5, 0.6) is 11.5 Å². The van der Waals surface area contributed by atoms with Gasteiger partial charge in [-0.3, -0.25) is 20.2 Å². The number of carbonyl (C=O) groups excluding carboxylic acids is 1. The van der Waals surface area contributed by atoms with Gasteiger partial charge in [-0.05, 0) is 31.2 Å². The molecule has 0 spiro atoms. The van der Waals surface area contributed by atoms with Crippen LogP contribution >= 0.6 is 11.3 Å². The number of amides is 1. The molecule has 0 saturated heterocycles. The highest BCUT2D eigenvalue weighted by atomic mass is 32.1. The second-order valence-electron chi connectivity index (χ2n) is 5.79. The molecule has 0 radical (unpaired) electrons. The molecule has 3 rings (SSSR count). The molecule has 8 nitrogen and oxygen atoms in total. The van der Waals surface area contributed by atoms with Crippen molar-refractivity contribution < 1.29 is 19.2 Å². The standard InChI is InChI=1S/C19H17N3O5S/c1-11-5-4-6-13(17(11)22(24)25)18(23)21-19-20-15(10-28-19)14-9-12(26-2)7-8-16(14)27-3/h4-10H,1-3H3,(H,20,21,23). The van der Waals surface area contributed by atoms with Crippen molar-refractivity contribution >= 4 is 28.1 Å². The van der Waals surface area contributed by atoms with E-state index in [9.17, 15) is 14.9 Å². The topological polar surface area (TPSA) is 104 Å². The van der Waals surface area contributed by atoms with E-state index >= 15 is 0 Å². The van der Waals surface area contributed by atoms with Gasteiger partial charge in [0.25, 0.3) is 11.6 Å². The van der Waals surface area contributed by atoms with Crippen molar-refractivity contribution in [2.24, 2.45) is 0 Å². The molecule has 0 bridgehead atoms. The minimum atomic E-state index is -0.589. The van der Waals surface area contributed by atoms with Gasteiger partial charge in [-0.15, -0.1) is 11.3 Å². The van der Waals surface area contributed by atoms with Gasteiger partial charge in [-0.1, -0.05) is 12.1 Å². The number of thiazole rings is 1.